The largest absolute Gasteiger partial charge is 0.350 e. The summed E-state index contributed by atoms with van der Waals surface area (Å²) in [5.74, 6) is 1.19. The van der Waals surface area contributed by atoms with E-state index in [1.807, 2.05) is 55.5 Å². The van der Waals surface area contributed by atoms with Crippen molar-refractivity contribution in [3.63, 3.8) is 0 Å². The van der Waals surface area contributed by atoms with Crippen LogP contribution in [0.2, 0.25) is 5.02 Å². The van der Waals surface area contributed by atoms with E-state index in [1.165, 1.54) is 5.56 Å². The van der Waals surface area contributed by atoms with Crippen molar-refractivity contribution in [1.29, 1.82) is 0 Å². The molecular formula is C19H18ClN5. The average molecular weight is 352 g/mol. The lowest BCUT2D eigenvalue weighted by atomic mass is 10.2. The van der Waals surface area contributed by atoms with Gasteiger partial charge in [0.2, 0.25) is 5.95 Å². The number of halogens is 1. The molecule has 0 fully saturated rings. The fourth-order valence-corrected chi connectivity index (χ4v) is 2.44. The van der Waals surface area contributed by atoms with Crippen molar-refractivity contribution in [2.45, 2.75) is 13.5 Å². The van der Waals surface area contributed by atoms with Crippen LogP contribution < -0.4 is 10.7 Å². The molecule has 0 aliphatic carbocycles. The highest BCUT2D eigenvalue weighted by Gasteiger charge is 2.01. The molecule has 0 amide bonds. The zero-order valence-corrected chi connectivity index (χ0v) is 14.5. The first-order valence-electron chi connectivity index (χ1n) is 7.87. The molecule has 2 aromatic carbocycles. The van der Waals surface area contributed by atoms with E-state index in [2.05, 4.69) is 37.9 Å². The number of rotatable bonds is 6. The molecule has 3 rings (SSSR count). The molecule has 0 spiro atoms. The van der Waals surface area contributed by atoms with E-state index in [9.17, 15) is 0 Å². The Kier molecular flexibility index (Phi) is 5.59. The molecule has 25 heavy (non-hydrogen) atoms. The van der Waals surface area contributed by atoms with E-state index < -0.39 is 0 Å². The number of nitrogens with one attached hydrogen (secondary N) is 2. The maximum Gasteiger partial charge on any atom is 0.225 e. The number of nitrogens with zero attached hydrogens (tertiary/aromatic N) is 3. The third kappa shape index (κ3) is 5.29. The fraction of sp³-hybridized carbons (Fsp3) is 0.105. The van der Waals surface area contributed by atoms with Crippen molar-refractivity contribution in [2.24, 2.45) is 5.10 Å². The van der Waals surface area contributed by atoms with Gasteiger partial charge in [-0.25, -0.2) is 4.98 Å². The van der Waals surface area contributed by atoms with Crippen molar-refractivity contribution in [3.05, 3.63) is 82.5 Å². The predicted molar refractivity (Wildman–Crippen MR) is 103 cm³/mol. The van der Waals surface area contributed by atoms with Gasteiger partial charge in [-0.3, -0.25) is 5.43 Å². The molecule has 0 unspecified atom stereocenters. The zero-order valence-electron chi connectivity index (χ0n) is 13.8. The predicted octanol–water partition coefficient (Wildman–Crippen LogP) is 4.50. The monoisotopic (exact) mass is 351 g/mol. The lowest BCUT2D eigenvalue weighted by Gasteiger charge is -2.08. The highest BCUT2D eigenvalue weighted by Crippen LogP contribution is 2.12. The Hall–Kier alpha value is -2.92. The number of hydrazone groups is 1. The Balaban J connectivity index is 1.64. The molecule has 0 bridgehead atoms. The topological polar surface area (TPSA) is 62.2 Å². The Morgan fingerprint density at radius 3 is 2.68 bits per heavy atom. The molecule has 126 valence electrons. The SMILES string of the molecule is Cc1cc(NN=Cc2cccc(Cl)c2)nc(NCc2ccccc2)n1. The number of anilines is 2. The molecule has 1 aromatic heterocycles. The van der Waals surface area contributed by atoms with Gasteiger partial charge in [-0.15, -0.1) is 0 Å². The molecule has 0 radical (unpaired) electrons. The first-order valence-corrected chi connectivity index (χ1v) is 8.25. The molecule has 0 atom stereocenters. The normalized spacial score (nSPS) is 10.8. The van der Waals surface area contributed by atoms with Gasteiger partial charge in [-0.1, -0.05) is 54.1 Å². The summed E-state index contributed by atoms with van der Waals surface area (Å²) in [4.78, 5) is 8.82. The minimum absolute atomic E-state index is 0.560. The maximum absolute atomic E-state index is 5.96. The van der Waals surface area contributed by atoms with Crippen molar-refractivity contribution >= 4 is 29.6 Å². The van der Waals surface area contributed by atoms with Crippen LogP contribution in [-0.2, 0) is 6.54 Å². The Labute approximate surface area is 151 Å². The molecule has 2 N–H and O–H groups in total. The second-order valence-electron chi connectivity index (χ2n) is 5.48. The van der Waals surface area contributed by atoms with Gasteiger partial charge in [0.25, 0.3) is 0 Å². The number of aryl methyl sites for hydroxylation is 1. The van der Waals surface area contributed by atoms with E-state index in [1.54, 1.807) is 6.21 Å². The van der Waals surface area contributed by atoms with Gasteiger partial charge in [0.15, 0.2) is 5.82 Å². The van der Waals surface area contributed by atoms with Crippen LogP contribution in [0.25, 0.3) is 0 Å². The first kappa shape index (κ1) is 16.9. The summed E-state index contributed by atoms with van der Waals surface area (Å²) in [6.07, 6.45) is 1.69. The van der Waals surface area contributed by atoms with Crippen molar-refractivity contribution < 1.29 is 0 Å². The second kappa shape index (κ2) is 8.26. The van der Waals surface area contributed by atoms with E-state index in [0.717, 1.165) is 11.3 Å². The Morgan fingerprint density at radius 2 is 1.88 bits per heavy atom. The Morgan fingerprint density at radius 1 is 1.04 bits per heavy atom. The number of hydrogen-bond acceptors (Lipinski definition) is 5. The second-order valence-corrected chi connectivity index (χ2v) is 5.92. The van der Waals surface area contributed by atoms with Gasteiger partial charge in [0.05, 0.1) is 6.21 Å². The Bertz CT molecular complexity index is 865. The minimum Gasteiger partial charge on any atom is -0.350 e. The summed E-state index contributed by atoms with van der Waals surface area (Å²) >= 11 is 5.96. The van der Waals surface area contributed by atoms with Gasteiger partial charge >= 0.3 is 0 Å². The van der Waals surface area contributed by atoms with Gasteiger partial charge in [0.1, 0.15) is 0 Å². The van der Waals surface area contributed by atoms with E-state index in [4.69, 9.17) is 11.6 Å². The van der Waals surface area contributed by atoms with E-state index in [0.29, 0.717) is 23.3 Å². The molecule has 6 heteroatoms. The minimum atomic E-state index is 0.560. The summed E-state index contributed by atoms with van der Waals surface area (Å²) in [7, 11) is 0. The van der Waals surface area contributed by atoms with Crippen LogP contribution in [0.3, 0.4) is 0 Å². The highest BCUT2D eigenvalue weighted by molar-refractivity contribution is 6.30. The van der Waals surface area contributed by atoms with Gasteiger partial charge in [-0.2, -0.15) is 10.1 Å². The zero-order chi connectivity index (χ0) is 17.5. The number of benzene rings is 2. The van der Waals surface area contributed by atoms with E-state index >= 15 is 0 Å². The smallest absolute Gasteiger partial charge is 0.225 e. The van der Waals surface area contributed by atoms with Crippen molar-refractivity contribution in [2.75, 3.05) is 10.7 Å². The standard InChI is InChI=1S/C19H18ClN5/c1-14-10-18(25-22-13-16-8-5-9-17(20)11-16)24-19(23-14)21-12-15-6-3-2-4-7-15/h2-11,13H,12H2,1H3,(H2,21,23,24,25). The lowest BCUT2D eigenvalue weighted by Crippen LogP contribution is -2.06. The van der Waals surface area contributed by atoms with Gasteiger partial charge < -0.3 is 5.32 Å². The van der Waals surface area contributed by atoms with Gasteiger partial charge in [-0.05, 0) is 30.2 Å². The molecule has 0 aliphatic rings. The molecular weight excluding hydrogens is 334 g/mol. The van der Waals surface area contributed by atoms with Crippen LogP contribution in [0.5, 0.6) is 0 Å². The fourth-order valence-electron chi connectivity index (χ4n) is 2.24. The van der Waals surface area contributed by atoms with Crippen LogP contribution in [0.1, 0.15) is 16.8 Å². The van der Waals surface area contributed by atoms with E-state index in [-0.39, 0.29) is 0 Å². The maximum atomic E-state index is 5.96. The van der Waals surface area contributed by atoms with Crippen LogP contribution in [0.15, 0.2) is 65.8 Å². The van der Waals surface area contributed by atoms with Crippen molar-refractivity contribution in [3.8, 4) is 0 Å². The summed E-state index contributed by atoms with van der Waals surface area (Å²) in [5.41, 5.74) is 5.86. The van der Waals surface area contributed by atoms with Crippen LogP contribution in [0.4, 0.5) is 11.8 Å². The van der Waals surface area contributed by atoms with Crippen LogP contribution in [-0.4, -0.2) is 16.2 Å². The lowest BCUT2D eigenvalue weighted by molar-refractivity contribution is 1.02. The van der Waals surface area contributed by atoms with Crippen LogP contribution >= 0.6 is 11.6 Å². The van der Waals surface area contributed by atoms with Gasteiger partial charge in [0, 0.05) is 23.3 Å². The van der Waals surface area contributed by atoms with Crippen molar-refractivity contribution in [1.82, 2.24) is 9.97 Å². The first-order chi connectivity index (χ1) is 12.2. The quantitative estimate of drug-likeness (QED) is 0.507. The third-order valence-electron chi connectivity index (χ3n) is 3.39. The molecule has 5 nitrogen and oxygen atoms in total. The molecule has 3 aromatic rings. The number of hydrogen-bond donors (Lipinski definition) is 2. The highest BCUT2D eigenvalue weighted by atomic mass is 35.5. The average Bonchev–Trinajstić information content (AvgIpc) is 2.61. The summed E-state index contributed by atoms with van der Waals surface area (Å²) in [6, 6.07) is 19.4. The molecule has 0 saturated heterocycles. The molecule has 1 heterocycles. The number of aromatic nitrogens is 2. The molecule has 0 saturated carbocycles. The summed E-state index contributed by atoms with van der Waals surface area (Å²) < 4.78 is 0. The summed E-state index contributed by atoms with van der Waals surface area (Å²) in [6.45, 7) is 2.58. The third-order valence-corrected chi connectivity index (χ3v) is 3.62. The summed E-state index contributed by atoms with van der Waals surface area (Å²) in [5, 5.41) is 8.10. The van der Waals surface area contributed by atoms with Crippen LogP contribution in [0, 0.1) is 6.92 Å². The molecule has 0 aliphatic heterocycles.